The van der Waals surface area contributed by atoms with Crippen LogP contribution in [0.15, 0.2) is 36.9 Å². The maximum Gasteiger partial charge on any atom is 0.140 e. The van der Waals surface area contributed by atoms with E-state index in [1.807, 2.05) is 17.9 Å². The van der Waals surface area contributed by atoms with Crippen molar-refractivity contribution >= 4 is 16.7 Å². The SMILES string of the molecule is Cc1ccc2ncnc(N3CCCC3c3cnn(C)c3)c2c1. The Morgan fingerprint density at radius 1 is 1.23 bits per heavy atom. The minimum atomic E-state index is 0.354. The van der Waals surface area contributed by atoms with Crippen molar-refractivity contribution in [3.8, 4) is 0 Å². The van der Waals surface area contributed by atoms with Crippen molar-refractivity contribution in [1.29, 1.82) is 0 Å². The molecule has 1 aliphatic heterocycles. The van der Waals surface area contributed by atoms with Gasteiger partial charge in [0, 0.05) is 30.7 Å². The van der Waals surface area contributed by atoms with E-state index < -0.39 is 0 Å². The number of anilines is 1. The van der Waals surface area contributed by atoms with Crippen LogP contribution < -0.4 is 4.90 Å². The van der Waals surface area contributed by atoms with Crippen molar-refractivity contribution in [2.24, 2.45) is 7.05 Å². The summed E-state index contributed by atoms with van der Waals surface area (Å²) in [6.45, 7) is 3.14. The Hall–Kier alpha value is -2.43. The van der Waals surface area contributed by atoms with E-state index in [1.165, 1.54) is 17.5 Å². The van der Waals surface area contributed by atoms with Crippen molar-refractivity contribution in [3.05, 3.63) is 48.0 Å². The van der Waals surface area contributed by atoms with Gasteiger partial charge in [-0.05, 0) is 31.9 Å². The average molecular weight is 293 g/mol. The second-order valence-corrected chi connectivity index (χ2v) is 6.02. The summed E-state index contributed by atoms with van der Waals surface area (Å²) in [5, 5.41) is 5.46. The number of hydrogen-bond acceptors (Lipinski definition) is 4. The molecule has 1 saturated heterocycles. The number of hydrogen-bond donors (Lipinski definition) is 0. The Morgan fingerprint density at radius 2 is 2.14 bits per heavy atom. The highest BCUT2D eigenvalue weighted by atomic mass is 15.3. The maximum absolute atomic E-state index is 4.60. The third-order valence-corrected chi connectivity index (χ3v) is 4.40. The summed E-state index contributed by atoms with van der Waals surface area (Å²) in [7, 11) is 1.96. The molecule has 0 N–H and O–H groups in total. The van der Waals surface area contributed by atoms with Crippen LogP contribution in [0.25, 0.3) is 10.9 Å². The third-order valence-electron chi connectivity index (χ3n) is 4.40. The van der Waals surface area contributed by atoms with E-state index >= 15 is 0 Å². The maximum atomic E-state index is 4.60. The largest absolute Gasteiger partial charge is 0.349 e. The third kappa shape index (κ3) is 2.13. The molecule has 5 nitrogen and oxygen atoms in total. The quantitative estimate of drug-likeness (QED) is 0.728. The Labute approximate surface area is 129 Å². The predicted molar refractivity (Wildman–Crippen MR) is 86.8 cm³/mol. The monoisotopic (exact) mass is 293 g/mol. The summed E-state index contributed by atoms with van der Waals surface area (Å²) in [6.07, 6.45) is 8.07. The minimum Gasteiger partial charge on any atom is -0.349 e. The molecule has 4 rings (SSSR count). The normalized spacial score (nSPS) is 18.3. The minimum absolute atomic E-state index is 0.354. The van der Waals surface area contributed by atoms with Gasteiger partial charge in [0.15, 0.2) is 0 Å². The topological polar surface area (TPSA) is 46.8 Å². The van der Waals surface area contributed by atoms with Crippen LogP contribution in [0.2, 0.25) is 0 Å². The van der Waals surface area contributed by atoms with Crippen LogP contribution in [0.5, 0.6) is 0 Å². The second kappa shape index (κ2) is 5.09. The zero-order valence-electron chi connectivity index (χ0n) is 12.9. The van der Waals surface area contributed by atoms with Gasteiger partial charge in [-0.3, -0.25) is 4.68 Å². The van der Waals surface area contributed by atoms with Gasteiger partial charge in [0.1, 0.15) is 12.1 Å². The first kappa shape index (κ1) is 13.2. The van der Waals surface area contributed by atoms with Crippen molar-refractivity contribution in [2.75, 3.05) is 11.4 Å². The van der Waals surface area contributed by atoms with Gasteiger partial charge >= 0.3 is 0 Å². The van der Waals surface area contributed by atoms with Crippen LogP contribution in [0.1, 0.15) is 30.0 Å². The lowest BCUT2D eigenvalue weighted by Gasteiger charge is -2.26. The molecular formula is C17H19N5. The molecule has 0 aliphatic carbocycles. The van der Waals surface area contributed by atoms with E-state index in [2.05, 4.69) is 51.3 Å². The number of benzene rings is 1. The standard InChI is InChI=1S/C17H19N5/c1-12-5-6-15-14(8-12)17(19-11-18-15)22-7-3-4-16(22)13-9-20-21(2)10-13/h5-6,8-11,16H,3-4,7H2,1-2H3. The zero-order valence-corrected chi connectivity index (χ0v) is 12.9. The van der Waals surface area contributed by atoms with Gasteiger partial charge in [-0.1, -0.05) is 11.6 Å². The van der Waals surface area contributed by atoms with E-state index in [-0.39, 0.29) is 0 Å². The van der Waals surface area contributed by atoms with Crippen LogP contribution in [-0.2, 0) is 7.05 Å². The summed E-state index contributed by atoms with van der Waals surface area (Å²) in [4.78, 5) is 11.4. The van der Waals surface area contributed by atoms with E-state index in [1.54, 1.807) is 6.33 Å². The van der Waals surface area contributed by atoms with Crippen LogP contribution in [0.3, 0.4) is 0 Å². The first-order chi connectivity index (χ1) is 10.7. The molecule has 1 aliphatic rings. The van der Waals surface area contributed by atoms with E-state index in [9.17, 15) is 0 Å². The van der Waals surface area contributed by atoms with Crippen LogP contribution in [0.4, 0.5) is 5.82 Å². The van der Waals surface area contributed by atoms with Crippen molar-refractivity contribution < 1.29 is 0 Å². The van der Waals surface area contributed by atoms with Crippen molar-refractivity contribution in [3.63, 3.8) is 0 Å². The first-order valence-corrected chi connectivity index (χ1v) is 7.69. The average Bonchev–Trinajstić information content (AvgIpc) is 3.15. The fraction of sp³-hybridized carbons (Fsp3) is 0.353. The molecule has 1 unspecified atom stereocenters. The van der Waals surface area contributed by atoms with Crippen LogP contribution in [0, 0.1) is 6.92 Å². The molecule has 0 bridgehead atoms. The second-order valence-electron chi connectivity index (χ2n) is 6.02. The molecule has 1 atom stereocenters. The molecule has 2 aromatic heterocycles. The molecule has 0 amide bonds. The van der Waals surface area contributed by atoms with Gasteiger partial charge in [-0.25, -0.2) is 9.97 Å². The van der Waals surface area contributed by atoms with Gasteiger partial charge < -0.3 is 4.90 Å². The molecule has 5 heteroatoms. The number of nitrogens with zero attached hydrogens (tertiary/aromatic N) is 5. The number of rotatable bonds is 2. The highest BCUT2D eigenvalue weighted by molar-refractivity contribution is 5.90. The summed E-state index contributed by atoms with van der Waals surface area (Å²) in [5.74, 6) is 1.04. The highest BCUT2D eigenvalue weighted by Crippen LogP contribution is 2.37. The van der Waals surface area contributed by atoms with Gasteiger partial charge in [-0.2, -0.15) is 5.10 Å². The summed E-state index contributed by atoms with van der Waals surface area (Å²) in [6, 6.07) is 6.71. The molecule has 112 valence electrons. The Morgan fingerprint density at radius 3 is 2.95 bits per heavy atom. The van der Waals surface area contributed by atoms with Gasteiger partial charge in [0.05, 0.1) is 17.8 Å². The Bertz CT molecular complexity index is 823. The Kier molecular flexibility index (Phi) is 3.06. The lowest BCUT2D eigenvalue weighted by atomic mass is 10.1. The van der Waals surface area contributed by atoms with Crippen LogP contribution in [-0.4, -0.2) is 26.3 Å². The molecule has 22 heavy (non-hydrogen) atoms. The van der Waals surface area contributed by atoms with Gasteiger partial charge in [0.2, 0.25) is 0 Å². The molecule has 0 saturated carbocycles. The smallest absolute Gasteiger partial charge is 0.140 e. The van der Waals surface area contributed by atoms with Gasteiger partial charge in [0.25, 0.3) is 0 Å². The van der Waals surface area contributed by atoms with Gasteiger partial charge in [-0.15, -0.1) is 0 Å². The molecular weight excluding hydrogens is 274 g/mol. The summed E-state index contributed by atoms with van der Waals surface area (Å²) < 4.78 is 1.87. The van der Waals surface area contributed by atoms with Crippen molar-refractivity contribution in [2.45, 2.75) is 25.8 Å². The van der Waals surface area contributed by atoms with E-state index in [4.69, 9.17) is 0 Å². The Balaban J connectivity index is 1.82. The van der Waals surface area contributed by atoms with E-state index in [0.29, 0.717) is 6.04 Å². The summed E-state index contributed by atoms with van der Waals surface area (Å²) >= 11 is 0. The molecule has 3 aromatic rings. The zero-order chi connectivity index (χ0) is 15.1. The van der Waals surface area contributed by atoms with Crippen molar-refractivity contribution in [1.82, 2.24) is 19.7 Å². The predicted octanol–water partition coefficient (Wildman–Crippen LogP) is 3.01. The fourth-order valence-electron chi connectivity index (χ4n) is 3.36. The molecule has 0 spiro atoms. The fourth-order valence-corrected chi connectivity index (χ4v) is 3.36. The number of aromatic nitrogens is 4. The molecule has 1 aromatic carbocycles. The molecule has 1 fully saturated rings. The first-order valence-electron chi connectivity index (χ1n) is 7.69. The number of fused-ring (bicyclic) bond motifs is 1. The lowest BCUT2D eigenvalue weighted by Crippen LogP contribution is -2.23. The lowest BCUT2D eigenvalue weighted by molar-refractivity contribution is 0.709. The molecule has 3 heterocycles. The number of aryl methyl sites for hydroxylation is 2. The summed E-state index contributed by atoms with van der Waals surface area (Å²) in [5.41, 5.74) is 3.51. The highest BCUT2D eigenvalue weighted by Gasteiger charge is 2.29. The molecule has 0 radical (unpaired) electrons. The van der Waals surface area contributed by atoms with Crippen LogP contribution >= 0.6 is 0 Å². The van der Waals surface area contributed by atoms with E-state index in [0.717, 1.165) is 29.7 Å².